The zero-order chi connectivity index (χ0) is 30.5. The van der Waals surface area contributed by atoms with E-state index < -0.39 is 0 Å². The fourth-order valence-corrected chi connectivity index (χ4v) is 9.09. The van der Waals surface area contributed by atoms with Crippen molar-refractivity contribution in [2.75, 3.05) is 24.7 Å². The number of nitrogens with zero attached hydrogens (tertiary/aromatic N) is 2. The first-order chi connectivity index (χ1) is 21.3. The summed E-state index contributed by atoms with van der Waals surface area (Å²) in [5.41, 5.74) is 6.32. The van der Waals surface area contributed by atoms with Crippen molar-refractivity contribution >= 4 is 23.2 Å². The molecule has 0 aliphatic carbocycles. The summed E-state index contributed by atoms with van der Waals surface area (Å²) in [6.07, 6.45) is 6.34. The molecule has 3 aromatic rings. The summed E-state index contributed by atoms with van der Waals surface area (Å²) >= 11 is 0. The van der Waals surface area contributed by atoms with E-state index in [-0.39, 0.29) is 47.6 Å². The van der Waals surface area contributed by atoms with Crippen LogP contribution in [0.3, 0.4) is 0 Å². The van der Waals surface area contributed by atoms with E-state index in [4.69, 9.17) is 0 Å². The molecule has 44 heavy (non-hydrogen) atoms. The topological polar surface area (TPSA) is 64.7 Å². The first kappa shape index (κ1) is 29.2. The van der Waals surface area contributed by atoms with Crippen molar-refractivity contribution in [1.29, 1.82) is 0 Å². The van der Waals surface area contributed by atoms with Crippen molar-refractivity contribution in [1.82, 2.24) is 9.80 Å². The predicted octanol–water partition coefficient (Wildman–Crippen LogP) is 6.71. The van der Waals surface area contributed by atoms with Crippen molar-refractivity contribution in [3.8, 4) is 0 Å². The lowest BCUT2D eigenvalue weighted by atomic mass is 9.75. The summed E-state index contributed by atoms with van der Waals surface area (Å²) in [5.74, 6) is 0.131. The van der Waals surface area contributed by atoms with Gasteiger partial charge in [-0.2, -0.15) is 0 Å². The number of carbonyl (C=O) groups is 2. The highest BCUT2D eigenvalue weighted by atomic mass is 16.2. The number of rotatable bonds is 6. The molecule has 2 amide bonds. The van der Waals surface area contributed by atoms with Crippen LogP contribution in [0.4, 0.5) is 11.4 Å². The Hall–Kier alpha value is -3.48. The van der Waals surface area contributed by atoms with Crippen LogP contribution in [0.2, 0.25) is 0 Å². The maximum atomic E-state index is 14.2. The molecule has 6 heteroatoms. The third-order valence-electron chi connectivity index (χ3n) is 11.6. The van der Waals surface area contributed by atoms with Gasteiger partial charge in [0.2, 0.25) is 11.8 Å². The molecular formula is C38H46N4O2. The molecule has 2 N–H and O–H groups in total. The van der Waals surface area contributed by atoms with Crippen molar-refractivity contribution in [2.45, 2.75) is 88.4 Å². The number of aryl methyl sites for hydroxylation is 2. The molecule has 230 valence electrons. The van der Waals surface area contributed by atoms with E-state index in [9.17, 15) is 9.59 Å². The van der Waals surface area contributed by atoms with E-state index in [1.54, 1.807) is 0 Å². The lowest BCUT2D eigenvalue weighted by Crippen LogP contribution is -2.50. The predicted molar refractivity (Wildman–Crippen MR) is 177 cm³/mol. The lowest BCUT2D eigenvalue weighted by molar-refractivity contribution is -0.125. The Kier molecular flexibility index (Phi) is 7.84. The number of benzene rings is 3. The number of hydrogen-bond acceptors (Lipinski definition) is 4. The molecule has 4 heterocycles. The fraction of sp³-hybridized carbons (Fsp3) is 0.474. The third kappa shape index (κ3) is 5.26. The van der Waals surface area contributed by atoms with Gasteiger partial charge >= 0.3 is 0 Å². The van der Waals surface area contributed by atoms with Gasteiger partial charge in [0, 0.05) is 24.2 Å². The number of fused-ring (bicyclic) bond motifs is 4. The van der Waals surface area contributed by atoms with Crippen LogP contribution in [0.1, 0.15) is 72.6 Å². The summed E-state index contributed by atoms with van der Waals surface area (Å²) in [4.78, 5) is 33.4. The maximum absolute atomic E-state index is 14.2. The SMILES string of the molecule is Cc1ccc(C2C[C@H]3CCC([C@H]2C(=O)Nc2ccccc2NC(=O)[C@H]2C(c4ccc(C)cc4)C[C@@H]4CCC2N4C)N3C)cc1. The maximum Gasteiger partial charge on any atom is 0.229 e. The standard InChI is InChI=1S/C38H46N4O2/c1-23-9-13-25(14-10-23)29-21-27-17-19-33(41(27)3)35(29)37(43)39-31-7-5-6-8-32(31)40-38(44)36-30(26-15-11-24(2)12-16-26)22-28-18-20-34(36)42(28)4/h5-16,27-30,33-36H,17-22H2,1-4H3,(H,39,43)(H,40,44)/t27-,28+,29?,30?,33?,34?,35-,36-/m0/s1. The zero-order valence-corrected chi connectivity index (χ0v) is 26.5. The van der Waals surface area contributed by atoms with Gasteiger partial charge in [0.15, 0.2) is 0 Å². The second-order valence-corrected chi connectivity index (χ2v) is 14.0. The van der Waals surface area contributed by atoms with Crippen LogP contribution in [0.25, 0.3) is 0 Å². The molecule has 4 aliphatic heterocycles. The van der Waals surface area contributed by atoms with E-state index in [1.807, 2.05) is 24.3 Å². The Morgan fingerprint density at radius 2 is 0.977 bits per heavy atom. The smallest absolute Gasteiger partial charge is 0.229 e. The van der Waals surface area contributed by atoms with Crippen LogP contribution >= 0.6 is 0 Å². The summed E-state index contributed by atoms with van der Waals surface area (Å²) in [7, 11) is 4.36. The minimum absolute atomic E-state index is 0.0445. The summed E-state index contributed by atoms with van der Waals surface area (Å²) in [6.45, 7) is 4.22. The lowest BCUT2D eigenvalue weighted by Gasteiger charge is -2.43. The molecule has 4 fully saturated rings. The molecule has 4 unspecified atom stereocenters. The van der Waals surface area contributed by atoms with Gasteiger partial charge in [-0.15, -0.1) is 0 Å². The zero-order valence-electron chi connectivity index (χ0n) is 26.5. The first-order valence-corrected chi connectivity index (χ1v) is 16.6. The monoisotopic (exact) mass is 590 g/mol. The highest BCUT2D eigenvalue weighted by Crippen LogP contribution is 2.48. The Balaban J connectivity index is 1.14. The van der Waals surface area contributed by atoms with Gasteiger partial charge in [-0.1, -0.05) is 71.8 Å². The Morgan fingerprint density at radius 3 is 1.36 bits per heavy atom. The molecule has 0 radical (unpaired) electrons. The third-order valence-corrected chi connectivity index (χ3v) is 11.6. The Morgan fingerprint density at radius 1 is 0.591 bits per heavy atom. The fourth-order valence-electron chi connectivity index (χ4n) is 9.09. The molecule has 4 bridgehead atoms. The second-order valence-electron chi connectivity index (χ2n) is 14.0. The van der Waals surface area contributed by atoms with Gasteiger partial charge < -0.3 is 10.6 Å². The van der Waals surface area contributed by atoms with Crippen LogP contribution in [-0.4, -0.2) is 59.9 Å². The molecule has 8 atom stereocenters. The Labute approximate surface area is 262 Å². The van der Waals surface area contributed by atoms with Crippen molar-refractivity contribution < 1.29 is 9.59 Å². The quantitative estimate of drug-likeness (QED) is 0.335. The van der Waals surface area contributed by atoms with Crippen molar-refractivity contribution in [3.05, 3.63) is 95.1 Å². The van der Waals surface area contributed by atoms with Crippen LogP contribution in [0.5, 0.6) is 0 Å². The number of nitrogens with one attached hydrogen (secondary N) is 2. The van der Waals surface area contributed by atoms with Crippen molar-refractivity contribution in [3.63, 3.8) is 0 Å². The molecular weight excluding hydrogens is 544 g/mol. The van der Waals surface area contributed by atoms with Crippen LogP contribution in [-0.2, 0) is 9.59 Å². The van der Waals surface area contributed by atoms with E-state index in [2.05, 4.69) is 96.9 Å². The number of carbonyl (C=O) groups excluding carboxylic acids is 2. The minimum Gasteiger partial charge on any atom is -0.324 e. The summed E-state index contributed by atoms with van der Waals surface area (Å²) < 4.78 is 0. The molecule has 4 saturated heterocycles. The van der Waals surface area contributed by atoms with Gasteiger partial charge in [0.25, 0.3) is 0 Å². The number of piperidine rings is 2. The minimum atomic E-state index is -0.154. The van der Waals surface area contributed by atoms with Gasteiger partial charge in [-0.25, -0.2) is 0 Å². The number of amides is 2. The normalized spacial score (nSPS) is 31.5. The van der Waals surface area contributed by atoms with E-state index in [0.717, 1.165) is 38.5 Å². The second kappa shape index (κ2) is 11.8. The summed E-state index contributed by atoms with van der Waals surface area (Å²) in [5, 5.41) is 6.61. The van der Waals surface area contributed by atoms with Gasteiger partial charge in [0.05, 0.1) is 23.2 Å². The molecule has 0 spiro atoms. The molecule has 3 aromatic carbocycles. The number of para-hydroxylation sites is 2. The van der Waals surface area contributed by atoms with Crippen molar-refractivity contribution in [2.24, 2.45) is 11.8 Å². The van der Waals surface area contributed by atoms with E-state index >= 15 is 0 Å². The molecule has 7 rings (SSSR count). The van der Waals surface area contributed by atoms with Gasteiger partial charge in [-0.3, -0.25) is 19.4 Å². The molecule has 4 aliphatic rings. The first-order valence-electron chi connectivity index (χ1n) is 16.6. The van der Waals surface area contributed by atoms with Gasteiger partial charge in [0.1, 0.15) is 0 Å². The number of hydrogen-bond donors (Lipinski definition) is 2. The highest BCUT2D eigenvalue weighted by Gasteiger charge is 2.50. The summed E-state index contributed by atoms with van der Waals surface area (Å²) in [6, 6.07) is 26.7. The average molecular weight is 591 g/mol. The molecule has 6 nitrogen and oxygen atoms in total. The van der Waals surface area contributed by atoms with E-state index in [1.165, 1.54) is 22.3 Å². The van der Waals surface area contributed by atoms with E-state index in [0.29, 0.717) is 23.5 Å². The van der Waals surface area contributed by atoms with Crippen LogP contribution < -0.4 is 10.6 Å². The number of anilines is 2. The van der Waals surface area contributed by atoms with Gasteiger partial charge in [-0.05, 0) is 102 Å². The molecule has 0 aromatic heterocycles. The highest BCUT2D eigenvalue weighted by molar-refractivity contribution is 6.02. The van der Waals surface area contributed by atoms with Crippen LogP contribution in [0.15, 0.2) is 72.8 Å². The van der Waals surface area contributed by atoms with Crippen LogP contribution in [0, 0.1) is 25.7 Å². The molecule has 0 saturated carbocycles. The Bertz CT molecular complexity index is 1400. The largest absolute Gasteiger partial charge is 0.324 e. The average Bonchev–Trinajstić information content (AvgIpc) is 3.38.